The van der Waals surface area contributed by atoms with Gasteiger partial charge in [0.2, 0.25) is 5.95 Å². The fraction of sp³-hybridized carbons (Fsp3) is 0.556. The minimum Gasteiger partial charge on any atom is -0.481 e. The van der Waals surface area contributed by atoms with E-state index in [1.807, 2.05) is 11.5 Å². The molecule has 0 aromatic carbocycles. The second-order valence-corrected chi connectivity index (χ2v) is 4.52. The zero-order valence-electron chi connectivity index (χ0n) is 8.33. The molecule has 0 saturated heterocycles. The number of hydrogen-bond donors (Lipinski definition) is 2. The Hall–Kier alpha value is -1.04. The molecule has 2 N–H and O–H groups in total. The quantitative estimate of drug-likeness (QED) is 0.857. The summed E-state index contributed by atoms with van der Waals surface area (Å²) in [4.78, 5) is 14.9. The van der Waals surface area contributed by atoms with Gasteiger partial charge in [0, 0.05) is 19.0 Å². The van der Waals surface area contributed by atoms with Crippen LogP contribution in [0.2, 0.25) is 0 Å². The van der Waals surface area contributed by atoms with Crippen molar-refractivity contribution in [2.75, 3.05) is 11.9 Å². The van der Waals surface area contributed by atoms with Gasteiger partial charge in [-0.2, -0.15) is 0 Å². The first kappa shape index (κ1) is 10.5. The number of carbonyl (C=O) groups is 1. The van der Waals surface area contributed by atoms with Crippen molar-refractivity contribution < 1.29 is 9.90 Å². The molecule has 2 rings (SSSR count). The number of aliphatic carboxylic acids is 1. The minimum atomic E-state index is -0.752. The first-order valence-corrected chi connectivity index (χ1v) is 5.55. The fourth-order valence-electron chi connectivity index (χ4n) is 1.80. The maximum Gasteiger partial charge on any atom is 0.303 e. The van der Waals surface area contributed by atoms with E-state index in [1.165, 1.54) is 0 Å². The van der Waals surface area contributed by atoms with E-state index in [4.69, 9.17) is 5.11 Å². The van der Waals surface area contributed by atoms with Crippen molar-refractivity contribution in [3.63, 3.8) is 0 Å². The Kier molecular flexibility index (Phi) is 2.68. The molecule has 6 heteroatoms. The number of nitrogens with zero attached hydrogens (tertiary/aromatic N) is 2. The summed E-state index contributed by atoms with van der Waals surface area (Å²) in [6, 6.07) is 0. The van der Waals surface area contributed by atoms with Crippen LogP contribution in [-0.2, 0) is 11.3 Å². The molecule has 0 amide bonds. The van der Waals surface area contributed by atoms with Crippen LogP contribution >= 0.6 is 15.9 Å². The molecule has 0 radical (unpaired) electrons. The summed E-state index contributed by atoms with van der Waals surface area (Å²) in [5.41, 5.74) is 0.925. The van der Waals surface area contributed by atoms with Gasteiger partial charge in [-0.3, -0.25) is 4.79 Å². The van der Waals surface area contributed by atoms with Gasteiger partial charge in [-0.15, -0.1) is 0 Å². The summed E-state index contributed by atoms with van der Waals surface area (Å²) >= 11 is 3.44. The highest BCUT2D eigenvalue weighted by Crippen LogP contribution is 2.27. The molecule has 2 heterocycles. The first-order valence-electron chi connectivity index (χ1n) is 4.76. The molecule has 15 heavy (non-hydrogen) atoms. The Balaban J connectivity index is 2.18. The predicted molar refractivity (Wildman–Crippen MR) is 58.9 cm³/mol. The van der Waals surface area contributed by atoms with Crippen LogP contribution in [0.3, 0.4) is 0 Å². The molecular weight excluding hydrogens is 262 g/mol. The van der Waals surface area contributed by atoms with Gasteiger partial charge in [0.05, 0.1) is 12.1 Å². The summed E-state index contributed by atoms with van der Waals surface area (Å²) in [6.45, 7) is 3.30. The molecule has 1 aliphatic heterocycles. The average molecular weight is 274 g/mol. The third-order valence-electron chi connectivity index (χ3n) is 2.52. The highest BCUT2D eigenvalue weighted by atomic mass is 79.9. The number of nitrogens with one attached hydrogen (secondary N) is 1. The highest BCUT2D eigenvalue weighted by molar-refractivity contribution is 9.10. The number of hydrogen-bond acceptors (Lipinski definition) is 3. The second kappa shape index (κ2) is 3.84. The van der Waals surface area contributed by atoms with Gasteiger partial charge < -0.3 is 15.0 Å². The van der Waals surface area contributed by atoms with E-state index in [2.05, 4.69) is 26.2 Å². The van der Waals surface area contributed by atoms with Crippen LogP contribution in [0.5, 0.6) is 0 Å². The van der Waals surface area contributed by atoms with Crippen LogP contribution in [0.15, 0.2) is 4.60 Å². The van der Waals surface area contributed by atoms with Crippen LogP contribution in [0, 0.1) is 12.8 Å². The third kappa shape index (κ3) is 1.99. The molecule has 1 aliphatic rings. The number of aryl methyl sites for hydroxylation is 1. The topological polar surface area (TPSA) is 67.2 Å². The van der Waals surface area contributed by atoms with Crippen LogP contribution in [0.4, 0.5) is 5.95 Å². The number of carboxylic acids is 1. The Labute approximate surface area is 95.6 Å². The first-order chi connectivity index (χ1) is 7.08. The molecule has 82 valence electrons. The Bertz CT molecular complexity index is 402. The second-order valence-electron chi connectivity index (χ2n) is 3.77. The van der Waals surface area contributed by atoms with Crippen molar-refractivity contribution in [3.05, 3.63) is 10.3 Å². The van der Waals surface area contributed by atoms with Gasteiger partial charge in [0.25, 0.3) is 0 Å². The van der Waals surface area contributed by atoms with Gasteiger partial charge in [0.15, 0.2) is 0 Å². The smallest absolute Gasteiger partial charge is 0.303 e. The van der Waals surface area contributed by atoms with E-state index in [9.17, 15) is 4.79 Å². The lowest BCUT2D eigenvalue weighted by atomic mass is 10.0. The molecule has 1 atom stereocenters. The molecule has 5 nitrogen and oxygen atoms in total. The zero-order valence-corrected chi connectivity index (χ0v) is 9.91. The van der Waals surface area contributed by atoms with Gasteiger partial charge in [0.1, 0.15) is 4.60 Å². The van der Waals surface area contributed by atoms with E-state index in [1.54, 1.807) is 0 Å². The Morgan fingerprint density at radius 2 is 2.53 bits per heavy atom. The number of fused-ring (bicyclic) bond motifs is 1. The zero-order chi connectivity index (χ0) is 11.0. The molecule has 0 spiro atoms. The van der Waals surface area contributed by atoms with Crippen molar-refractivity contribution in [2.24, 2.45) is 5.92 Å². The standard InChI is InChI=1S/C9H12BrN3O2/c1-5-8(10)13-4-6(2-7(14)15)3-11-9(13)12-5/h6H,2-4H2,1H3,(H,11,12)(H,14,15). The number of halogens is 1. The third-order valence-corrected chi connectivity index (χ3v) is 3.52. The molecule has 0 bridgehead atoms. The van der Waals surface area contributed by atoms with Gasteiger partial charge in [-0.1, -0.05) is 0 Å². The molecule has 0 saturated carbocycles. The van der Waals surface area contributed by atoms with Gasteiger partial charge in [-0.05, 0) is 22.9 Å². The van der Waals surface area contributed by atoms with Crippen LogP contribution in [0.25, 0.3) is 0 Å². The largest absolute Gasteiger partial charge is 0.481 e. The molecule has 1 unspecified atom stereocenters. The number of aromatic nitrogens is 2. The Morgan fingerprint density at radius 3 is 3.20 bits per heavy atom. The summed E-state index contributed by atoms with van der Waals surface area (Å²) in [5, 5.41) is 11.9. The normalized spacial score (nSPS) is 19.5. The minimum absolute atomic E-state index is 0.125. The molecule has 1 aromatic rings. The summed E-state index contributed by atoms with van der Waals surface area (Å²) in [5.74, 6) is 0.194. The van der Waals surface area contributed by atoms with Gasteiger partial charge >= 0.3 is 5.97 Å². The molecule has 0 fully saturated rings. The maximum atomic E-state index is 10.6. The van der Waals surface area contributed by atoms with Crippen molar-refractivity contribution in [2.45, 2.75) is 19.9 Å². The Morgan fingerprint density at radius 1 is 1.80 bits per heavy atom. The molecule has 0 aliphatic carbocycles. The van der Waals surface area contributed by atoms with Crippen LogP contribution in [-0.4, -0.2) is 27.2 Å². The lowest BCUT2D eigenvalue weighted by molar-refractivity contribution is -0.138. The monoisotopic (exact) mass is 273 g/mol. The molecule has 1 aromatic heterocycles. The van der Waals surface area contributed by atoms with Crippen molar-refractivity contribution in [1.82, 2.24) is 9.55 Å². The highest BCUT2D eigenvalue weighted by Gasteiger charge is 2.23. The van der Waals surface area contributed by atoms with Crippen molar-refractivity contribution in [3.8, 4) is 0 Å². The van der Waals surface area contributed by atoms with Crippen LogP contribution in [0.1, 0.15) is 12.1 Å². The number of anilines is 1. The van der Waals surface area contributed by atoms with E-state index >= 15 is 0 Å². The number of imidazole rings is 1. The van der Waals surface area contributed by atoms with Crippen LogP contribution < -0.4 is 5.32 Å². The SMILES string of the molecule is Cc1nc2n(c1Br)CC(CC(=O)O)CN2. The lowest BCUT2D eigenvalue weighted by Gasteiger charge is -2.24. The van der Waals surface area contributed by atoms with E-state index in [0.29, 0.717) is 13.1 Å². The van der Waals surface area contributed by atoms with Gasteiger partial charge in [-0.25, -0.2) is 4.98 Å². The van der Waals surface area contributed by atoms with E-state index < -0.39 is 5.97 Å². The fourth-order valence-corrected chi connectivity index (χ4v) is 2.20. The number of carboxylic acid groups (broad SMARTS) is 1. The van der Waals surface area contributed by atoms with Crippen molar-refractivity contribution >= 4 is 27.8 Å². The number of rotatable bonds is 2. The average Bonchev–Trinajstić information content (AvgIpc) is 2.43. The summed E-state index contributed by atoms with van der Waals surface area (Å²) in [7, 11) is 0. The summed E-state index contributed by atoms with van der Waals surface area (Å²) < 4.78 is 2.91. The molecular formula is C9H12BrN3O2. The maximum absolute atomic E-state index is 10.6. The van der Waals surface area contributed by atoms with E-state index in [-0.39, 0.29) is 12.3 Å². The van der Waals surface area contributed by atoms with E-state index in [0.717, 1.165) is 16.2 Å². The summed E-state index contributed by atoms with van der Waals surface area (Å²) in [6.07, 6.45) is 0.191. The van der Waals surface area contributed by atoms with Crippen molar-refractivity contribution in [1.29, 1.82) is 0 Å². The lowest BCUT2D eigenvalue weighted by Crippen LogP contribution is -2.29. The predicted octanol–water partition coefficient (Wildman–Crippen LogP) is 1.47.